The molecule has 0 spiro atoms. The molecule has 1 heterocycles. The number of phenolic OH excluding ortho intramolecular Hbond substituents is 2. The molecule has 0 atom stereocenters. The Kier molecular flexibility index (Phi) is 3.73. The van der Waals surface area contributed by atoms with Gasteiger partial charge in [0.15, 0.2) is 5.43 Å². The Labute approximate surface area is 198 Å². The fourth-order valence-electron chi connectivity index (χ4n) is 5.24. The number of rotatable bonds is 0. The maximum Gasteiger partial charge on any atom is 0.288 e. The van der Waals surface area contributed by atoms with Crippen molar-refractivity contribution in [3.8, 4) is 11.5 Å². The van der Waals surface area contributed by atoms with Gasteiger partial charge in [-0.1, -0.05) is 24.3 Å². The Hall–Kier alpha value is -5.24. The SMILES string of the molecule is O=c1ccc2c(O)c3c(ccc4[nH+]c5c(ccc6c(=O)c7ccccc7c(=O)c65)[nH+]c43)c(O)c2c1=O. The Morgan fingerprint density at radius 2 is 1.00 bits per heavy atom. The first kappa shape index (κ1) is 20.2. The number of aromatic hydroxyl groups is 2. The number of benzene rings is 6. The van der Waals surface area contributed by atoms with Crippen molar-refractivity contribution in [2.75, 3.05) is 0 Å². The van der Waals surface area contributed by atoms with Crippen LogP contribution in [0.25, 0.3) is 65.2 Å². The topological polar surface area (TPSA) is 137 Å². The maximum atomic E-state index is 13.4. The summed E-state index contributed by atoms with van der Waals surface area (Å²) in [7, 11) is 0. The van der Waals surface area contributed by atoms with Crippen LogP contribution in [0, 0.1) is 0 Å². The molecule has 0 aliphatic rings. The lowest BCUT2D eigenvalue weighted by molar-refractivity contribution is -0.359. The van der Waals surface area contributed by atoms with Gasteiger partial charge in [0.2, 0.25) is 16.3 Å². The van der Waals surface area contributed by atoms with E-state index in [9.17, 15) is 29.4 Å². The van der Waals surface area contributed by atoms with E-state index in [1.54, 1.807) is 42.5 Å². The summed E-state index contributed by atoms with van der Waals surface area (Å²) < 4.78 is 0. The summed E-state index contributed by atoms with van der Waals surface area (Å²) in [6, 6.07) is 15.4. The van der Waals surface area contributed by atoms with Crippen molar-refractivity contribution in [3.05, 3.63) is 102 Å². The van der Waals surface area contributed by atoms with Gasteiger partial charge in [-0.25, -0.2) is 0 Å². The fraction of sp³-hybridized carbons (Fsp3) is 0. The van der Waals surface area contributed by atoms with Crippen LogP contribution in [-0.2, 0) is 0 Å². The lowest BCUT2D eigenvalue weighted by Gasteiger charge is -2.08. The molecule has 8 nitrogen and oxygen atoms in total. The maximum absolute atomic E-state index is 13.4. The smallest absolute Gasteiger partial charge is 0.288 e. The van der Waals surface area contributed by atoms with Crippen molar-refractivity contribution in [1.82, 2.24) is 0 Å². The molecule has 0 aliphatic carbocycles. The molecule has 4 N–H and O–H groups in total. The number of fused-ring (bicyclic) bond motifs is 8. The van der Waals surface area contributed by atoms with Crippen molar-refractivity contribution in [2.24, 2.45) is 0 Å². The molecule has 0 fully saturated rings. The van der Waals surface area contributed by atoms with Crippen molar-refractivity contribution in [1.29, 1.82) is 0 Å². The summed E-state index contributed by atoms with van der Waals surface area (Å²) in [5.74, 6) is -0.679. The number of nitrogens with one attached hydrogen (secondary N) is 2. The lowest BCUT2D eigenvalue weighted by Crippen LogP contribution is -2.23. The Bertz CT molecular complexity index is 2370. The second-order valence-electron chi connectivity index (χ2n) is 8.79. The molecule has 0 radical (unpaired) electrons. The van der Waals surface area contributed by atoms with Crippen LogP contribution in [0.15, 0.2) is 79.8 Å². The quantitative estimate of drug-likeness (QED) is 0.149. The fourth-order valence-corrected chi connectivity index (χ4v) is 5.24. The first-order valence-corrected chi connectivity index (χ1v) is 11.1. The molecule has 6 aromatic carbocycles. The zero-order valence-electron chi connectivity index (χ0n) is 18.3. The van der Waals surface area contributed by atoms with Gasteiger partial charge < -0.3 is 10.2 Å². The van der Waals surface area contributed by atoms with Gasteiger partial charge in [-0.3, -0.25) is 19.2 Å². The van der Waals surface area contributed by atoms with Crippen molar-refractivity contribution >= 4 is 65.2 Å². The molecule has 7 rings (SSSR count). The molecular weight excluding hydrogens is 460 g/mol. The standard InChI is InChI=1S/C28H12N2O6/c31-18-10-7-15-21(28(18)36)27(35)14-6-9-17-23(20(14)26(15)34)30-16-8-5-13-19(22(16)29-17)25(33)12-4-2-1-3-11(12)24(13)32/h1-10,34-35H/p+2. The zero-order chi connectivity index (χ0) is 24.9. The number of hydrogen-bond acceptors (Lipinski definition) is 6. The first-order chi connectivity index (χ1) is 17.4. The number of H-pyrrole nitrogens is 2. The van der Waals surface area contributed by atoms with E-state index in [2.05, 4.69) is 9.97 Å². The lowest BCUT2D eigenvalue weighted by atomic mass is 9.98. The van der Waals surface area contributed by atoms with Gasteiger partial charge in [-0.05, 0) is 24.3 Å². The van der Waals surface area contributed by atoms with Crippen LogP contribution in [0.1, 0.15) is 0 Å². The van der Waals surface area contributed by atoms with E-state index in [4.69, 9.17) is 0 Å². The minimum atomic E-state index is -0.897. The molecule has 7 aromatic rings. The third-order valence-corrected chi connectivity index (χ3v) is 6.92. The zero-order valence-corrected chi connectivity index (χ0v) is 18.3. The summed E-state index contributed by atoms with van der Waals surface area (Å²) in [5, 5.41) is 23.4. The van der Waals surface area contributed by atoms with E-state index >= 15 is 0 Å². The van der Waals surface area contributed by atoms with Gasteiger partial charge in [0.1, 0.15) is 22.3 Å². The Morgan fingerprint density at radius 3 is 1.69 bits per heavy atom. The van der Waals surface area contributed by atoms with Gasteiger partial charge in [0.25, 0.3) is 22.1 Å². The van der Waals surface area contributed by atoms with Crippen molar-refractivity contribution < 1.29 is 20.2 Å². The molecule has 170 valence electrons. The molecule has 0 unspecified atom stereocenters. The molecule has 0 saturated heterocycles. The third-order valence-electron chi connectivity index (χ3n) is 6.92. The van der Waals surface area contributed by atoms with E-state index in [0.717, 1.165) is 6.07 Å². The van der Waals surface area contributed by atoms with Crippen molar-refractivity contribution in [2.45, 2.75) is 0 Å². The minimum Gasteiger partial charge on any atom is -0.506 e. The monoisotopic (exact) mass is 474 g/mol. The van der Waals surface area contributed by atoms with Gasteiger partial charge >= 0.3 is 0 Å². The third kappa shape index (κ3) is 2.37. The average Bonchev–Trinajstić information content (AvgIpc) is 2.89. The van der Waals surface area contributed by atoms with Crippen LogP contribution in [0.4, 0.5) is 0 Å². The summed E-state index contributed by atoms with van der Waals surface area (Å²) in [4.78, 5) is 57.2. The highest BCUT2D eigenvalue weighted by molar-refractivity contribution is 6.18. The van der Waals surface area contributed by atoms with Crippen LogP contribution in [0.5, 0.6) is 11.5 Å². The second-order valence-corrected chi connectivity index (χ2v) is 8.79. The average molecular weight is 474 g/mol. The molecule has 1 aromatic heterocycles. The van der Waals surface area contributed by atoms with E-state index in [1.165, 1.54) is 12.1 Å². The first-order valence-electron chi connectivity index (χ1n) is 11.1. The molecule has 0 amide bonds. The largest absolute Gasteiger partial charge is 0.506 e. The summed E-state index contributed by atoms with van der Waals surface area (Å²) in [5.41, 5.74) is -0.391. The van der Waals surface area contributed by atoms with Crippen LogP contribution in [0.2, 0.25) is 0 Å². The Balaban J connectivity index is 1.70. The normalized spacial score (nSPS) is 12.0. The molecule has 0 aliphatic heterocycles. The van der Waals surface area contributed by atoms with E-state index < -0.39 is 16.6 Å². The number of aromatic amines is 2. The molecular formula is C28H14N2O6+2. The molecule has 0 saturated carbocycles. The van der Waals surface area contributed by atoms with Crippen LogP contribution >= 0.6 is 0 Å². The van der Waals surface area contributed by atoms with Gasteiger partial charge in [-0.15, -0.1) is 0 Å². The van der Waals surface area contributed by atoms with E-state index in [0.29, 0.717) is 38.2 Å². The number of phenols is 2. The predicted octanol–water partition coefficient (Wildman–Crippen LogP) is 1.96. The molecule has 0 bridgehead atoms. The Morgan fingerprint density at radius 1 is 0.472 bits per heavy atom. The summed E-state index contributed by atoms with van der Waals surface area (Å²) in [6.07, 6.45) is 0. The highest BCUT2D eigenvalue weighted by atomic mass is 16.3. The van der Waals surface area contributed by atoms with Gasteiger partial charge in [0, 0.05) is 39.1 Å². The van der Waals surface area contributed by atoms with E-state index in [-0.39, 0.29) is 43.5 Å². The van der Waals surface area contributed by atoms with Crippen LogP contribution < -0.4 is 31.7 Å². The van der Waals surface area contributed by atoms with Gasteiger partial charge in [-0.2, -0.15) is 9.97 Å². The predicted molar refractivity (Wildman–Crippen MR) is 135 cm³/mol. The van der Waals surface area contributed by atoms with Crippen molar-refractivity contribution in [3.63, 3.8) is 0 Å². The van der Waals surface area contributed by atoms with Crippen LogP contribution in [0.3, 0.4) is 0 Å². The molecule has 36 heavy (non-hydrogen) atoms. The van der Waals surface area contributed by atoms with Crippen LogP contribution in [-0.4, -0.2) is 10.2 Å². The minimum absolute atomic E-state index is 0.0495. The number of hydrogen-bond donors (Lipinski definition) is 2. The van der Waals surface area contributed by atoms with E-state index in [1.807, 2.05) is 0 Å². The van der Waals surface area contributed by atoms with Gasteiger partial charge in [0.05, 0.1) is 5.39 Å². The molecule has 8 heteroatoms. The highest BCUT2D eigenvalue weighted by Crippen LogP contribution is 2.41. The second kappa shape index (κ2) is 6.67. The summed E-state index contributed by atoms with van der Waals surface area (Å²) in [6.45, 7) is 0. The number of aromatic nitrogens is 2. The highest BCUT2D eigenvalue weighted by Gasteiger charge is 2.27. The summed E-state index contributed by atoms with van der Waals surface area (Å²) >= 11 is 0.